The molecule has 2 rings (SSSR count). The molecule has 0 spiro atoms. The first-order valence-electron chi connectivity index (χ1n) is 6.28. The molecule has 1 aliphatic heterocycles. The van der Waals surface area contributed by atoms with Crippen LogP contribution in [0.25, 0.3) is 0 Å². The summed E-state index contributed by atoms with van der Waals surface area (Å²) in [4.78, 5) is 13.3. The van der Waals surface area contributed by atoms with Crippen molar-refractivity contribution in [2.75, 3.05) is 26.3 Å². The molecular formula is C14H17N3O2. The molecule has 2 unspecified atom stereocenters. The van der Waals surface area contributed by atoms with Crippen LogP contribution in [0.5, 0.6) is 0 Å². The first kappa shape index (κ1) is 13.5. The van der Waals surface area contributed by atoms with Crippen molar-refractivity contribution >= 4 is 5.91 Å². The highest BCUT2D eigenvalue weighted by Crippen LogP contribution is 2.18. The maximum Gasteiger partial charge on any atom is 0.237 e. The molecule has 1 saturated heterocycles. The molecule has 2 N–H and O–H groups in total. The second-order valence-corrected chi connectivity index (χ2v) is 4.58. The van der Waals surface area contributed by atoms with E-state index >= 15 is 0 Å². The predicted octanol–water partition coefficient (Wildman–Crippen LogP) is 0.480. The molecule has 0 radical (unpaired) electrons. The Bertz CT molecular complexity index is 469. The van der Waals surface area contributed by atoms with Gasteiger partial charge in [-0.2, -0.15) is 5.26 Å². The van der Waals surface area contributed by atoms with Crippen molar-refractivity contribution in [3.8, 4) is 6.07 Å². The standard InChI is InChI=1S/C14H17N3O2/c15-8-12(11-4-2-1-3-5-11)9-17-6-7-19-10-13(17)14(16)18/h1-5,12-13H,6-7,9-10H2,(H2,16,18). The van der Waals surface area contributed by atoms with E-state index in [0.717, 1.165) is 5.56 Å². The van der Waals surface area contributed by atoms with E-state index in [-0.39, 0.29) is 5.92 Å². The summed E-state index contributed by atoms with van der Waals surface area (Å²) in [5.41, 5.74) is 6.33. The van der Waals surface area contributed by atoms with Gasteiger partial charge < -0.3 is 10.5 Å². The molecule has 1 aromatic carbocycles. The SMILES string of the molecule is N#CC(CN1CCOCC1C(N)=O)c1ccccc1. The lowest BCUT2D eigenvalue weighted by Crippen LogP contribution is -2.53. The van der Waals surface area contributed by atoms with Crippen molar-refractivity contribution in [3.63, 3.8) is 0 Å². The fraction of sp³-hybridized carbons (Fsp3) is 0.429. The fourth-order valence-corrected chi connectivity index (χ4v) is 2.26. The van der Waals surface area contributed by atoms with Gasteiger partial charge in [0.1, 0.15) is 6.04 Å². The number of hydrogen-bond acceptors (Lipinski definition) is 4. The quantitative estimate of drug-likeness (QED) is 0.853. The Kier molecular flexibility index (Phi) is 4.50. The van der Waals surface area contributed by atoms with Gasteiger partial charge in [-0.15, -0.1) is 0 Å². The second-order valence-electron chi connectivity index (χ2n) is 4.58. The zero-order valence-electron chi connectivity index (χ0n) is 10.7. The van der Waals surface area contributed by atoms with Crippen molar-refractivity contribution in [2.45, 2.75) is 12.0 Å². The molecule has 0 aliphatic carbocycles. The van der Waals surface area contributed by atoms with Gasteiger partial charge in [0.05, 0.1) is 25.2 Å². The topological polar surface area (TPSA) is 79.3 Å². The van der Waals surface area contributed by atoms with Gasteiger partial charge in [0.25, 0.3) is 0 Å². The molecule has 1 aromatic rings. The Morgan fingerprint density at radius 1 is 1.53 bits per heavy atom. The normalized spacial score (nSPS) is 21.5. The van der Waals surface area contributed by atoms with Crippen LogP contribution in [0.2, 0.25) is 0 Å². The van der Waals surface area contributed by atoms with Gasteiger partial charge in [0.2, 0.25) is 5.91 Å². The van der Waals surface area contributed by atoms with Gasteiger partial charge in [-0.1, -0.05) is 30.3 Å². The maximum atomic E-state index is 11.4. The van der Waals surface area contributed by atoms with Crippen LogP contribution in [-0.4, -0.2) is 43.2 Å². The molecule has 5 heteroatoms. The van der Waals surface area contributed by atoms with Crippen LogP contribution in [0.1, 0.15) is 11.5 Å². The van der Waals surface area contributed by atoms with Gasteiger partial charge in [-0.25, -0.2) is 0 Å². The van der Waals surface area contributed by atoms with Gasteiger partial charge in [-0.05, 0) is 5.56 Å². The summed E-state index contributed by atoms with van der Waals surface area (Å²) in [6.45, 7) is 2.00. The van der Waals surface area contributed by atoms with Crippen molar-refractivity contribution < 1.29 is 9.53 Å². The third kappa shape index (κ3) is 3.31. The molecular weight excluding hydrogens is 242 g/mol. The van der Waals surface area contributed by atoms with E-state index in [1.807, 2.05) is 35.2 Å². The molecule has 1 heterocycles. The minimum Gasteiger partial charge on any atom is -0.378 e. The lowest BCUT2D eigenvalue weighted by atomic mass is 9.99. The van der Waals surface area contributed by atoms with E-state index in [0.29, 0.717) is 26.3 Å². The fourth-order valence-electron chi connectivity index (χ4n) is 2.26. The van der Waals surface area contributed by atoms with E-state index < -0.39 is 11.9 Å². The Morgan fingerprint density at radius 2 is 2.26 bits per heavy atom. The first-order chi connectivity index (χ1) is 9.22. The van der Waals surface area contributed by atoms with E-state index in [2.05, 4.69) is 6.07 Å². The zero-order chi connectivity index (χ0) is 13.7. The molecule has 0 saturated carbocycles. The highest BCUT2D eigenvalue weighted by atomic mass is 16.5. The van der Waals surface area contributed by atoms with Crippen molar-refractivity contribution in [2.24, 2.45) is 5.73 Å². The Morgan fingerprint density at radius 3 is 2.89 bits per heavy atom. The molecule has 0 aromatic heterocycles. The summed E-state index contributed by atoms with van der Waals surface area (Å²) >= 11 is 0. The van der Waals surface area contributed by atoms with Crippen LogP contribution in [0.3, 0.4) is 0 Å². The number of carbonyl (C=O) groups is 1. The minimum absolute atomic E-state index is 0.263. The number of nitrogens with zero attached hydrogens (tertiary/aromatic N) is 2. The number of primary amides is 1. The van der Waals surface area contributed by atoms with Crippen molar-refractivity contribution in [1.29, 1.82) is 5.26 Å². The number of hydrogen-bond donors (Lipinski definition) is 1. The first-order valence-corrected chi connectivity index (χ1v) is 6.28. The average Bonchev–Trinajstić information content (AvgIpc) is 2.46. The van der Waals surface area contributed by atoms with E-state index in [4.69, 9.17) is 10.5 Å². The summed E-state index contributed by atoms with van der Waals surface area (Å²) in [6.07, 6.45) is 0. The number of nitrogens with two attached hydrogens (primary N) is 1. The van der Waals surface area contributed by atoms with Gasteiger partial charge in [-0.3, -0.25) is 9.69 Å². The highest BCUT2D eigenvalue weighted by Gasteiger charge is 2.29. The predicted molar refractivity (Wildman–Crippen MR) is 70.2 cm³/mol. The number of rotatable bonds is 4. The smallest absolute Gasteiger partial charge is 0.237 e. The molecule has 1 amide bonds. The van der Waals surface area contributed by atoms with Crippen LogP contribution in [0, 0.1) is 11.3 Å². The van der Waals surface area contributed by atoms with Crippen molar-refractivity contribution in [1.82, 2.24) is 4.90 Å². The number of nitriles is 1. The lowest BCUT2D eigenvalue weighted by Gasteiger charge is -2.34. The number of amides is 1. The average molecular weight is 259 g/mol. The number of benzene rings is 1. The summed E-state index contributed by atoms with van der Waals surface area (Å²) < 4.78 is 5.27. The molecule has 2 atom stereocenters. The zero-order valence-corrected chi connectivity index (χ0v) is 10.7. The minimum atomic E-state index is -0.437. The second kappa shape index (κ2) is 6.32. The largest absolute Gasteiger partial charge is 0.378 e. The number of ether oxygens (including phenoxy) is 1. The molecule has 5 nitrogen and oxygen atoms in total. The molecule has 19 heavy (non-hydrogen) atoms. The van der Waals surface area contributed by atoms with Gasteiger partial charge in [0.15, 0.2) is 0 Å². The maximum absolute atomic E-state index is 11.4. The molecule has 100 valence electrons. The number of morpholine rings is 1. The number of carbonyl (C=O) groups excluding carboxylic acids is 1. The Labute approximate surface area is 112 Å². The molecule has 0 bridgehead atoms. The van der Waals surface area contributed by atoms with Crippen LogP contribution >= 0.6 is 0 Å². The van der Waals surface area contributed by atoms with Crippen LogP contribution < -0.4 is 5.73 Å². The van der Waals surface area contributed by atoms with E-state index in [1.165, 1.54) is 0 Å². The Hall–Kier alpha value is -1.90. The third-order valence-corrected chi connectivity index (χ3v) is 3.34. The summed E-state index contributed by atoms with van der Waals surface area (Å²) in [5, 5.41) is 9.31. The van der Waals surface area contributed by atoms with E-state index in [1.54, 1.807) is 0 Å². The highest BCUT2D eigenvalue weighted by molar-refractivity contribution is 5.80. The van der Waals surface area contributed by atoms with Crippen molar-refractivity contribution in [3.05, 3.63) is 35.9 Å². The Balaban J connectivity index is 2.09. The summed E-state index contributed by atoms with van der Waals surface area (Å²) in [5.74, 6) is -0.661. The van der Waals surface area contributed by atoms with Crippen LogP contribution in [0.15, 0.2) is 30.3 Å². The third-order valence-electron chi connectivity index (χ3n) is 3.34. The summed E-state index contributed by atoms with van der Waals surface area (Å²) in [7, 11) is 0. The van der Waals surface area contributed by atoms with E-state index in [9.17, 15) is 10.1 Å². The molecule has 1 fully saturated rings. The van der Waals surface area contributed by atoms with Crippen LogP contribution in [0.4, 0.5) is 0 Å². The molecule has 1 aliphatic rings. The lowest BCUT2D eigenvalue weighted by molar-refractivity contribution is -0.129. The monoisotopic (exact) mass is 259 g/mol. The van der Waals surface area contributed by atoms with Gasteiger partial charge >= 0.3 is 0 Å². The summed E-state index contributed by atoms with van der Waals surface area (Å²) in [6, 6.07) is 11.4. The van der Waals surface area contributed by atoms with Gasteiger partial charge in [0, 0.05) is 13.1 Å². The van der Waals surface area contributed by atoms with Crippen LogP contribution in [-0.2, 0) is 9.53 Å².